The summed E-state index contributed by atoms with van der Waals surface area (Å²) in [5.41, 5.74) is 0.485. The van der Waals surface area contributed by atoms with E-state index in [-0.39, 0.29) is 18.4 Å². The Morgan fingerprint density at radius 3 is 2.95 bits per heavy atom. The molecule has 5 nitrogen and oxygen atoms in total. The fourth-order valence-corrected chi connectivity index (χ4v) is 4.37. The molecule has 7 heteroatoms. The smallest absolute Gasteiger partial charge is 0.305 e. The molecule has 2 fully saturated rings. The Balaban J connectivity index is 1.73. The molecular weight excluding hydrogens is 296 g/mol. The molecule has 1 unspecified atom stereocenters. The second-order valence-corrected chi connectivity index (χ2v) is 7.21. The molecule has 1 aliphatic carbocycles. The van der Waals surface area contributed by atoms with Crippen molar-refractivity contribution in [1.82, 2.24) is 9.88 Å². The largest absolute Gasteiger partial charge is 0.481 e. The number of hydrogen-bond donors (Lipinski definition) is 1. The molecule has 20 heavy (non-hydrogen) atoms. The summed E-state index contributed by atoms with van der Waals surface area (Å²) in [6.45, 7) is 0.609. The molecule has 2 heterocycles. The van der Waals surface area contributed by atoms with E-state index in [9.17, 15) is 9.59 Å². The zero-order valence-electron chi connectivity index (χ0n) is 10.9. The second kappa shape index (κ2) is 5.73. The van der Waals surface area contributed by atoms with Crippen LogP contribution in [0.3, 0.4) is 0 Å². The van der Waals surface area contributed by atoms with Gasteiger partial charge in [-0.05, 0) is 12.8 Å². The van der Waals surface area contributed by atoms with Gasteiger partial charge in [0.05, 0.1) is 17.5 Å². The predicted molar refractivity (Wildman–Crippen MR) is 78.5 cm³/mol. The molecule has 1 N–H and O–H groups in total. The first-order valence-corrected chi connectivity index (χ1v) is 8.74. The number of aromatic nitrogens is 1. The predicted octanol–water partition coefficient (Wildman–Crippen LogP) is 2.05. The third-order valence-electron chi connectivity index (χ3n) is 3.57. The quantitative estimate of drug-likeness (QED) is 0.921. The molecule has 1 aromatic rings. The zero-order chi connectivity index (χ0) is 14.1. The van der Waals surface area contributed by atoms with Crippen molar-refractivity contribution in [2.75, 3.05) is 18.1 Å². The third kappa shape index (κ3) is 2.98. The molecule has 2 aliphatic rings. The van der Waals surface area contributed by atoms with Crippen LogP contribution >= 0.6 is 23.1 Å². The van der Waals surface area contributed by atoms with Gasteiger partial charge in [-0.3, -0.25) is 9.59 Å². The topological polar surface area (TPSA) is 70.5 Å². The number of amides is 1. The fourth-order valence-electron chi connectivity index (χ4n) is 2.34. The summed E-state index contributed by atoms with van der Waals surface area (Å²) in [5, 5.41) is 11.8. The van der Waals surface area contributed by atoms with Gasteiger partial charge in [0.2, 0.25) is 0 Å². The molecule has 3 rings (SSSR count). The molecule has 108 valence electrons. The molecule has 0 spiro atoms. The monoisotopic (exact) mass is 312 g/mol. The van der Waals surface area contributed by atoms with Crippen molar-refractivity contribution in [2.45, 2.75) is 31.2 Å². The van der Waals surface area contributed by atoms with Crippen LogP contribution in [0.25, 0.3) is 0 Å². The fraction of sp³-hybridized carbons (Fsp3) is 0.615. The number of hydrogen-bond acceptors (Lipinski definition) is 5. The first-order chi connectivity index (χ1) is 9.65. The average Bonchev–Trinajstić information content (AvgIpc) is 3.16. The van der Waals surface area contributed by atoms with Gasteiger partial charge >= 0.3 is 5.97 Å². The van der Waals surface area contributed by atoms with Gasteiger partial charge < -0.3 is 10.0 Å². The van der Waals surface area contributed by atoms with E-state index in [2.05, 4.69) is 4.98 Å². The SMILES string of the molecule is O=C(O)CC1CSCCN1C(=O)c1csc(C2CC2)n1. The molecule has 1 atom stereocenters. The maximum absolute atomic E-state index is 12.5. The molecule has 0 aromatic carbocycles. The highest BCUT2D eigenvalue weighted by atomic mass is 32.2. The van der Waals surface area contributed by atoms with E-state index < -0.39 is 5.97 Å². The molecule has 1 amide bonds. The van der Waals surface area contributed by atoms with Gasteiger partial charge in [-0.2, -0.15) is 11.8 Å². The Morgan fingerprint density at radius 2 is 2.25 bits per heavy atom. The van der Waals surface area contributed by atoms with E-state index >= 15 is 0 Å². The molecular formula is C13H16N2O3S2. The summed E-state index contributed by atoms with van der Waals surface area (Å²) in [6, 6.07) is -0.218. The number of thiazole rings is 1. The number of nitrogens with zero attached hydrogens (tertiary/aromatic N) is 2. The van der Waals surface area contributed by atoms with E-state index in [0.29, 0.717) is 23.9 Å². The Kier molecular flexibility index (Phi) is 3.98. The summed E-state index contributed by atoms with van der Waals surface area (Å²) in [4.78, 5) is 29.6. The summed E-state index contributed by atoms with van der Waals surface area (Å²) in [5.74, 6) is 1.14. The summed E-state index contributed by atoms with van der Waals surface area (Å²) < 4.78 is 0. The van der Waals surface area contributed by atoms with Crippen LogP contribution in [0.1, 0.15) is 40.7 Å². The first-order valence-electron chi connectivity index (χ1n) is 6.71. The van der Waals surface area contributed by atoms with Crippen LogP contribution in [-0.4, -0.2) is 51.0 Å². The van der Waals surface area contributed by atoms with Crippen molar-refractivity contribution in [2.24, 2.45) is 0 Å². The number of carboxylic acid groups (broad SMARTS) is 1. The highest BCUT2D eigenvalue weighted by Gasteiger charge is 2.32. The van der Waals surface area contributed by atoms with Gasteiger partial charge in [0, 0.05) is 29.3 Å². The molecule has 1 aromatic heterocycles. The van der Waals surface area contributed by atoms with Gasteiger partial charge in [0.25, 0.3) is 5.91 Å². The van der Waals surface area contributed by atoms with Crippen LogP contribution in [0.4, 0.5) is 0 Å². The van der Waals surface area contributed by atoms with Crippen molar-refractivity contribution in [3.8, 4) is 0 Å². The van der Waals surface area contributed by atoms with Crippen LogP contribution < -0.4 is 0 Å². The van der Waals surface area contributed by atoms with E-state index in [1.54, 1.807) is 28.0 Å². The molecule has 1 saturated heterocycles. The van der Waals surface area contributed by atoms with E-state index in [1.807, 2.05) is 5.38 Å². The minimum Gasteiger partial charge on any atom is -0.481 e. The maximum atomic E-state index is 12.5. The molecule has 1 aliphatic heterocycles. The van der Waals surface area contributed by atoms with Crippen molar-refractivity contribution >= 4 is 35.0 Å². The third-order valence-corrected chi connectivity index (χ3v) is 5.67. The lowest BCUT2D eigenvalue weighted by atomic mass is 10.2. The number of rotatable bonds is 4. The summed E-state index contributed by atoms with van der Waals surface area (Å²) in [7, 11) is 0. The molecule has 0 bridgehead atoms. The Bertz CT molecular complexity index is 527. The van der Waals surface area contributed by atoms with Crippen molar-refractivity contribution in [3.63, 3.8) is 0 Å². The van der Waals surface area contributed by atoms with Crippen LogP contribution in [0.2, 0.25) is 0 Å². The van der Waals surface area contributed by atoms with Crippen LogP contribution in [0, 0.1) is 0 Å². The summed E-state index contributed by atoms with van der Waals surface area (Å²) >= 11 is 3.25. The summed E-state index contributed by atoms with van der Waals surface area (Å²) in [6.07, 6.45) is 2.35. The van der Waals surface area contributed by atoms with E-state index in [4.69, 9.17) is 5.11 Å². The van der Waals surface area contributed by atoms with Gasteiger partial charge in [-0.15, -0.1) is 11.3 Å². The number of thioether (sulfide) groups is 1. The molecule has 0 radical (unpaired) electrons. The van der Waals surface area contributed by atoms with Crippen molar-refractivity contribution in [1.29, 1.82) is 0 Å². The van der Waals surface area contributed by atoms with E-state index in [0.717, 1.165) is 10.8 Å². The standard InChI is InChI=1S/C13H16N2O3S2/c16-11(17)5-9-6-19-4-3-15(9)13(18)10-7-20-12(14-10)8-1-2-8/h7-9H,1-6H2,(H,16,17). The minimum absolute atomic E-state index is 0.0123. The highest BCUT2D eigenvalue weighted by molar-refractivity contribution is 7.99. The van der Waals surface area contributed by atoms with Crippen molar-refractivity contribution in [3.05, 3.63) is 16.1 Å². The maximum Gasteiger partial charge on any atom is 0.305 e. The first kappa shape index (κ1) is 13.9. The number of carboxylic acids is 1. The van der Waals surface area contributed by atoms with Crippen molar-refractivity contribution < 1.29 is 14.7 Å². The normalized spacial score (nSPS) is 22.8. The minimum atomic E-state index is -0.854. The Hall–Kier alpha value is -1.08. The second-order valence-electron chi connectivity index (χ2n) is 5.17. The average molecular weight is 312 g/mol. The Labute approximate surface area is 125 Å². The molecule has 1 saturated carbocycles. The van der Waals surface area contributed by atoms with Gasteiger partial charge in [-0.25, -0.2) is 4.98 Å². The highest BCUT2D eigenvalue weighted by Crippen LogP contribution is 2.41. The van der Waals surface area contributed by atoms with Crippen LogP contribution in [0.5, 0.6) is 0 Å². The lowest BCUT2D eigenvalue weighted by Crippen LogP contribution is -2.47. The number of carbonyl (C=O) groups is 2. The van der Waals surface area contributed by atoms with E-state index in [1.165, 1.54) is 12.8 Å². The lowest BCUT2D eigenvalue weighted by molar-refractivity contribution is -0.138. The Morgan fingerprint density at radius 1 is 1.45 bits per heavy atom. The van der Waals surface area contributed by atoms with Gasteiger partial charge in [-0.1, -0.05) is 0 Å². The van der Waals surface area contributed by atoms with Gasteiger partial charge in [0.1, 0.15) is 5.69 Å². The lowest BCUT2D eigenvalue weighted by Gasteiger charge is -2.34. The van der Waals surface area contributed by atoms with Gasteiger partial charge in [0.15, 0.2) is 0 Å². The van der Waals surface area contributed by atoms with Crippen LogP contribution in [-0.2, 0) is 4.79 Å². The number of aliphatic carboxylic acids is 1. The number of carbonyl (C=O) groups excluding carboxylic acids is 1. The van der Waals surface area contributed by atoms with Crippen LogP contribution in [0.15, 0.2) is 5.38 Å². The zero-order valence-corrected chi connectivity index (χ0v) is 12.6.